The first-order valence-electron chi connectivity index (χ1n) is 7.58. The Labute approximate surface area is 132 Å². The molecule has 0 aliphatic carbocycles. The lowest BCUT2D eigenvalue weighted by Crippen LogP contribution is -2.55. The minimum atomic E-state index is 0. The van der Waals surface area contributed by atoms with Crippen LogP contribution in [0.2, 0.25) is 0 Å². The number of hydrogen-bond donors (Lipinski definition) is 2. The van der Waals surface area contributed by atoms with Gasteiger partial charge < -0.3 is 10.6 Å². The summed E-state index contributed by atoms with van der Waals surface area (Å²) in [4.78, 5) is 14.4. The third-order valence-electron chi connectivity index (χ3n) is 4.25. The quantitative estimate of drug-likeness (QED) is 0.884. The van der Waals surface area contributed by atoms with Gasteiger partial charge in [0.05, 0.1) is 5.92 Å². The number of benzene rings is 1. The maximum Gasteiger partial charge on any atom is 0.225 e. The smallest absolute Gasteiger partial charge is 0.225 e. The van der Waals surface area contributed by atoms with Gasteiger partial charge >= 0.3 is 0 Å². The minimum absolute atomic E-state index is 0. The summed E-state index contributed by atoms with van der Waals surface area (Å²) in [5, 5.41) is 6.37. The fourth-order valence-corrected chi connectivity index (χ4v) is 2.95. The van der Waals surface area contributed by atoms with Crippen LogP contribution in [0.4, 0.5) is 0 Å². The average Bonchev–Trinajstić information content (AvgIpc) is 2.38. The maximum absolute atomic E-state index is 12.0. The van der Waals surface area contributed by atoms with Gasteiger partial charge in [0.25, 0.3) is 0 Å². The first-order valence-corrected chi connectivity index (χ1v) is 7.58. The van der Waals surface area contributed by atoms with Gasteiger partial charge in [-0.3, -0.25) is 9.69 Å². The number of rotatable bonds is 4. The summed E-state index contributed by atoms with van der Waals surface area (Å²) >= 11 is 0. The van der Waals surface area contributed by atoms with Crippen molar-refractivity contribution in [1.29, 1.82) is 0 Å². The lowest BCUT2D eigenvalue weighted by Gasteiger charge is -2.35. The number of likely N-dealkylation sites (tertiary alicyclic amines) is 1. The Hall–Kier alpha value is -1.10. The molecule has 5 heteroatoms. The third kappa shape index (κ3) is 4.43. The van der Waals surface area contributed by atoms with Crippen LogP contribution in [0.3, 0.4) is 0 Å². The maximum atomic E-state index is 12.0. The van der Waals surface area contributed by atoms with Gasteiger partial charge in [-0.1, -0.05) is 30.3 Å². The van der Waals surface area contributed by atoms with Crippen molar-refractivity contribution >= 4 is 18.3 Å². The Bertz CT molecular complexity index is 450. The number of nitrogens with one attached hydrogen (secondary N) is 2. The molecule has 2 aliphatic heterocycles. The number of carbonyl (C=O) groups is 1. The molecule has 1 aromatic rings. The zero-order valence-electron chi connectivity index (χ0n) is 12.3. The van der Waals surface area contributed by atoms with Gasteiger partial charge in [0, 0.05) is 32.2 Å². The molecule has 2 aliphatic rings. The van der Waals surface area contributed by atoms with E-state index in [9.17, 15) is 4.79 Å². The summed E-state index contributed by atoms with van der Waals surface area (Å²) in [7, 11) is 0. The SMILES string of the molecule is Cl.O=C(NC1CCCN(Cc2ccccc2)C1)C1CNC1. The van der Waals surface area contributed by atoms with Gasteiger partial charge in [0.15, 0.2) is 0 Å². The lowest BCUT2D eigenvalue weighted by molar-refractivity contribution is -0.127. The molecule has 2 fully saturated rings. The van der Waals surface area contributed by atoms with E-state index in [1.807, 2.05) is 0 Å². The molecular formula is C16H24ClN3O. The number of nitrogens with zero attached hydrogens (tertiary/aromatic N) is 1. The van der Waals surface area contributed by atoms with Crippen molar-refractivity contribution in [2.24, 2.45) is 5.92 Å². The molecule has 0 bridgehead atoms. The van der Waals surface area contributed by atoms with Crippen LogP contribution < -0.4 is 10.6 Å². The molecule has 3 rings (SSSR count). The predicted molar refractivity (Wildman–Crippen MR) is 86.5 cm³/mol. The van der Waals surface area contributed by atoms with Gasteiger partial charge in [0.1, 0.15) is 0 Å². The third-order valence-corrected chi connectivity index (χ3v) is 4.25. The van der Waals surface area contributed by atoms with Crippen molar-refractivity contribution in [2.45, 2.75) is 25.4 Å². The van der Waals surface area contributed by atoms with E-state index >= 15 is 0 Å². The molecule has 21 heavy (non-hydrogen) atoms. The van der Waals surface area contributed by atoms with Crippen LogP contribution in [0.25, 0.3) is 0 Å². The van der Waals surface area contributed by atoms with Crippen molar-refractivity contribution in [2.75, 3.05) is 26.2 Å². The molecule has 1 unspecified atom stereocenters. The zero-order chi connectivity index (χ0) is 13.8. The summed E-state index contributed by atoms with van der Waals surface area (Å²) in [6, 6.07) is 10.9. The van der Waals surface area contributed by atoms with Gasteiger partial charge in [0.2, 0.25) is 5.91 Å². The van der Waals surface area contributed by atoms with Crippen LogP contribution in [-0.4, -0.2) is 43.0 Å². The number of hydrogen-bond acceptors (Lipinski definition) is 3. The highest BCUT2D eigenvalue weighted by molar-refractivity contribution is 5.85. The Kier molecular flexibility index (Phi) is 6.03. The molecule has 2 N–H and O–H groups in total. The van der Waals surface area contributed by atoms with Crippen LogP contribution in [0.15, 0.2) is 30.3 Å². The summed E-state index contributed by atoms with van der Waals surface area (Å²) in [6.07, 6.45) is 2.28. The van der Waals surface area contributed by atoms with Gasteiger partial charge in [-0.2, -0.15) is 0 Å². The molecule has 0 aromatic heterocycles. The van der Waals surface area contributed by atoms with Crippen molar-refractivity contribution in [1.82, 2.24) is 15.5 Å². The van der Waals surface area contributed by atoms with Gasteiger partial charge in [-0.25, -0.2) is 0 Å². The van der Waals surface area contributed by atoms with E-state index in [0.29, 0.717) is 6.04 Å². The topological polar surface area (TPSA) is 44.4 Å². The lowest BCUT2D eigenvalue weighted by atomic mass is 10.00. The molecule has 1 aromatic carbocycles. The average molecular weight is 310 g/mol. The second-order valence-electron chi connectivity index (χ2n) is 5.92. The summed E-state index contributed by atoms with van der Waals surface area (Å²) in [5.41, 5.74) is 1.35. The minimum Gasteiger partial charge on any atom is -0.352 e. The second-order valence-corrected chi connectivity index (χ2v) is 5.92. The highest BCUT2D eigenvalue weighted by Gasteiger charge is 2.28. The molecule has 0 saturated carbocycles. The van der Waals surface area contributed by atoms with E-state index < -0.39 is 0 Å². The van der Waals surface area contributed by atoms with Crippen molar-refractivity contribution in [3.8, 4) is 0 Å². The highest BCUT2D eigenvalue weighted by atomic mass is 35.5. The Morgan fingerprint density at radius 2 is 2.05 bits per heavy atom. The van der Waals surface area contributed by atoms with Crippen LogP contribution >= 0.6 is 12.4 Å². The van der Waals surface area contributed by atoms with E-state index in [2.05, 4.69) is 45.9 Å². The van der Waals surface area contributed by atoms with E-state index in [1.54, 1.807) is 0 Å². The normalized spacial score (nSPS) is 23.0. The largest absolute Gasteiger partial charge is 0.352 e. The predicted octanol–water partition coefficient (Wildman–Crippen LogP) is 1.41. The molecule has 1 atom stereocenters. The first kappa shape index (κ1) is 16.3. The van der Waals surface area contributed by atoms with Gasteiger partial charge in [-0.15, -0.1) is 12.4 Å². The molecule has 1 amide bonds. The molecule has 4 nitrogen and oxygen atoms in total. The number of carbonyl (C=O) groups excluding carboxylic acids is 1. The standard InChI is InChI=1S/C16H23N3O.ClH/c20-16(14-9-17-10-14)18-15-7-4-8-19(12-15)11-13-5-2-1-3-6-13;/h1-3,5-6,14-15,17H,4,7-12H2,(H,18,20);1H. The molecule has 2 heterocycles. The van der Waals surface area contributed by atoms with E-state index in [-0.39, 0.29) is 24.2 Å². The molecule has 0 radical (unpaired) electrons. The molecule has 2 saturated heterocycles. The number of piperidine rings is 1. The fraction of sp³-hybridized carbons (Fsp3) is 0.562. The van der Waals surface area contributed by atoms with Crippen LogP contribution in [0, 0.1) is 5.92 Å². The van der Waals surface area contributed by atoms with Crippen molar-refractivity contribution in [3.63, 3.8) is 0 Å². The number of halogens is 1. The van der Waals surface area contributed by atoms with Crippen molar-refractivity contribution in [3.05, 3.63) is 35.9 Å². The van der Waals surface area contributed by atoms with Crippen LogP contribution in [-0.2, 0) is 11.3 Å². The van der Waals surface area contributed by atoms with E-state index in [0.717, 1.165) is 39.1 Å². The highest BCUT2D eigenvalue weighted by Crippen LogP contribution is 2.14. The molecule has 116 valence electrons. The first-order chi connectivity index (χ1) is 9.81. The summed E-state index contributed by atoms with van der Waals surface area (Å²) in [5.74, 6) is 0.426. The second kappa shape index (κ2) is 7.78. The summed E-state index contributed by atoms with van der Waals surface area (Å²) in [6.45, 7) is 4.77. The van der Waals surface area contributed by atoms with Crippen LogP contribution in [0.1, 0.15) is 18.4 Å². The van der Waals surface area contributed by atoms with Crippen molar-refractivity contribution < 1.29 is 4.79 Å². The number of amides is 1. The molecule has 0 spiro atoms. The Balaban J connectivity index is 0.00000161. The Morgan fingerprint density at radius 1 is 1.29 bits per heavy atom. The van der Waals surface area contributed by atoms with Crippen LogP contribution in [0.5, 0.6) is 0 Å². The fourth-order valence-electron chi connectivity index (χ4n) is 2.95. The van der Waals surface area contributed by atoms with Gasteiger partial charge in [-0.05, 0) is 24.9 Å². The van der Waals surface area contributed by atoms with E-state index in [4.69, 9.17) is 0 Å². The molecular weight excluding hydrogens is 286 g/mol. The van der Waals surface area contributed by atoms with E-state index in [1.165, 1.54) is 12.0 Å². The monoisotopic (exact) mass is 309 g/mol. The zero-order valence-corrected chi connectivity index (χ0v) is 13.1. The summed E-state index contributed by atoms with van der Waals surface area (Å²) < 4.78 is 0. The Morgan fingerprint density at radius 3 is 2.71 bits per heavy atom.